The zero-order valence-electron chi connectivity index (χ0n) is 14.4. The van der Waals surface area contributed by atoms with Crippen molar-refractivity contribution in [3.8, 4) is 11.4 Å². The van der Waals surface area contributed by atoms with E-state index in [2.05, 4.69) is 32.8 Å². The Morgan fingerprint density at radius 2 is 2.08 bits per heavy atom. The number of aryl methyl sites for hydroxylation is 1. The van der Waals surface area contributed by atoms with Gasteiger partial charge in [0.15, 0.2) is 11.0 Å². The molecule has 0 unspecified atom stereocenters. The lowest BCUT2D eigenvalue weighted by Gasteiger charge is -2.13. The van der Waals surface area contributed by atoms with Gasteiger partial charge in [0.2, 0.25) is 0 Å². The Hall–Kier alpha value is -1.56. The summed E-state index contributed by atoms with van der Waals surface area (Å²) in [6.07, 6.45) is 6.82. The van der Waals surface area contributed by atoms with E-state index in [1.165, 1.54) is 35.3 Å². The van der Waals surface area contributed by atoms with Crippen LogP contribution in [0.15, 0.2) is 47.5 Å². The minimum atomic E-state index is 0.706. The highest BCUT2D eigenvalue weighted by atomic mass is 35.5. The number of hydrogen-bond acceptors (Lipinski definition) is 4. The largest absolute Gasteiger partial charge is 0.298 e. The molecule has 0 radical (unpaired) electrons. The standard InChI is InChI=1S/C20H20ClN3S2/c1-2-11-24-19(16-13-25-18-10-6-4-8-15(16)18)22-23-20(24)26-12-14-7-3-5-9-17(14)21/h2-3,5,7,9,13H,1,4,6,8,10-12H2. The summed E-state index contributed by atoms with van der Waals surface area (Å²) in [7, 11) is 0. The predicted octanol–water partition coefficient (Wildman–Crippen LogP) is 6.02. The maximum absolute atomic E-state index is 6.29. The number of aromatic nitrogens is 3. The van der Waals surface area contributed by atoms with Crippen molar-refractivity contribution in [1.29, 1.82) is 0 Å². The van der Waals surface area contributed by atoms with Crippen molar-refractivity contribution >= 4 is 34.7 Å². The monoisotopic (exact) mass is 401 g/mol. The molecular formula is C20H20ClN3S2. The van der Waals surface area contributed by atoms with Crippen LogP contribution in [0.3, 0.4) is 0 Å². The summed E-state index contributed by atoms with van der Waals surface area (Å²) in [4.78, 5) is 1.52. The number of fused-ring (bicyclic) bond motifs is 1. The van der Waals surface area contributed by atoms with Gasteiger partial charge in [0, 0.05) is 33.1 Å². The van der Waals surface area contributed by atoms with Gasteiger partial charge >= 0.3 is 0 Å². The van der Waals surface area contributed by atoms with Gasteiger partial charge in [0.25, 0.3) is 0 Å². The van der Waals surface area contributed by atoms with Crippen molar-refractivity contribution in [2.45, 2.75) is 43.1 Å². The third-order valence-electron chi connectivity index (χ3n) is 4.65. The zero-order chi connectivity index (χ0) is 17.9. The lowest BCUT2D eigenvalue weighted by molar-refractivity contribution is 0.694. The fourth-order valence-corrected chi connectivity index (χ4v) is 5.69. The molecule has 0 fully saturated rings. The normalized spacial score (nSPS) is 13.6. The highest BCUT2D eigenvalue weighted by molar-refractivity contribution is 7.98. The maximum atomic E-state index is 6.29. The molecular weight excluding hydrogens is 382 g/mol. The Labute approximate surface area is 167 Å². The first-order valence-electron chi connectivity index (χ1n) is 8.78. The van der Waals surface area contributed by atoms with E-state index in [9.17, 15) is 0 Å². The second-order valence-corrected chi connectivity index (χ2v) is 8.66. The molecule has 26 heavy (non-hydrogen) atoms. The van der Waals surface area contributed by atoms with Crippen molar-refractivity contribution in [1.82, 2.24) is 14.8 Å². The minimum Gasteiger partial charge on any atom is -0.298 e. The molecule has 0 N–H and O–H groups in total. The fourth-order valence-electron chi connectivity index (χ4n) is 3.33. The van der Waals surface area contributed by atoms with Crippen LogP contribution in [0, 0.1) is 0 Å². The van der Waals surface area contributed by atoms with Crippen molar-refractivity contribution < 1.29 is 0 Å². The summed E-state index contributed by atoms with van der Waals surface area (Å²) in [5, 5.41) is 13.0. The molecule has 0 bridgehead atoms. The molecule has 0 saturated carbocycles. The Balaban J connectivity index is 1.64. The Morgan fingerprint density at radius 3 is 2.92 bits per heavy atom. The van der Waals surface area contributed by atoms with Crippen LogP contribution >= 0.6 is 34.7 Å². The van der Waals surface area contributed by atoms with E-state index in [0.717, 1.165) is 33.7 Å². The molecule has 2 aromatic heterocycles. The molecule has 3 nitrogen and oxygen atoms in total. The number of nitrogens with zero attached hydrogens (tertiary/aromatic N) is 3. The highest BCUT2D eigenvalue weighted by Crippen LogP contribution is 2.37. The van der Waals surface area contributed by atoms with Crippen molar-refractivity contribution in [2.24, 2.45) is 0 Å². The van der Waals surface area contributed by atoms with Crippen molar-refractivity contribution in [2.75, 3.05) is 0 Å². The van der Waals surface area contributed by atoms with Crippen LogP contribution in [-0.2, 0) is 25.1 Å². The van der Waals surface area contributed by atoms with E-state index in [1.54, 1.807) is 11.8 Å². The highest BCUT2D eigenvalue weighted by Gasteiger charge is 2.22. The van der Waals surface area contributed by atoms with E-state index >= 15 is 0 Å². The second kappa shape index (κ2) is 7.99. The van der Waals surface area contributed by atoms with Crippen LogP contribution in [0.25, 0.3) is 11.4 Å². The van der Waals surface area contributed by atoms with Crippen LogP contribution in [0.5, 0.6) is 0 Å². The SMILES string of the molecule is C=CCn1c(SCc2ccccc2Cl)nnc1-c1csc2c1CCCC2. The number of thioether (sulfide) groups is 1. The molecule has 1 aliphatic carbocycles. The summed E-state index contributed by atoms with van der Waals surface area (Å²) in [6, 6.07) is 7.95. The average Bonchev–Trinajstić information content (AvgIpc) is 3.25. The van der Waals surface area contributed by atoms with Crippen LogP contribution < -0.4 is 0 Å². The molecule has 6 heteroatoms. The maximum Gasteiger partial charge on any atom is 0.192 e. The minimum absolute atomic E-state index is 0.706. The van der Waals surface area contributed by atoms with Gasteiger partial charge in [-0.25, -0.2) is 0 Å². The first-order chi connectivity index (χ1) is 12.8. The van der Waals surface area contributed by atoms with Gasteiger partial charge in [-0.3, -0.25) is 4.57 Å². The van der Waals surface area contributed by atoms with E-state index < -0.39 is 0 Å². The molecule has 3 aromatic rings. The fraction of sp³-hybridized carbons (Fsp3) is 0.300. The summed E-state index contributed by atoms with van der Waals surface area (Å²) < 4.78 is 2.17. The lowest BCUT2D eigenvalue weighted by Crippen LogP contribution is -2.04. The number of benzene rings is 1. The summed E-state index contributed by atoms with van der Waals surface area (Å²) in [5.41, 5.74) is 3.84. The molecule has 0 amide bonds. The average molecular weight is 402 g/mol. The third kappa shape index (κ3) is 3.48. The van der Waals surface area contributed by atoms with Crippen molar-refractivity contribution in [3.63, 3.8) is 0 Å². The van der Waals surface area contributed by atoms with Crippen LogP contribution in [-0.4, -0.2) is 14.8 Å². The number of rotatable bonds is 6. The van der Waals surface area contributed by atoms with Crippen LogP contribution in [0.2, 0.25) is 5.02 Å². The Bertz CT molecular complexity index is 929. The summed E-state index contributed by atoms with van der Waals surface area (Å²) >= 11 is 9.82. The molecule has 2 heterocycles. The summed E-state index contributed by atoms with van der Waals surface area (Å²) in [5.74, 6) is 1.74. The molecule has 1 aliphatic rings. The van der Waals surface area contributed by atoms with Gasteiger partial charge in [-0.15, -0.1) is 28.1 Å². The van der Waals surface area contributed by atoms with Crippen molar-refractivity contribution in [3.05, 3.63) is 63.3 Å². The van der Waals surface area contributed by atoms with E-state index in [0.29, 0.717) is 6.54 Å². The molecule has 0 saturated heterocycles. The van der Waals surface area contributed by atoms with Crippen LogP contribution in [0.4, 0.5) is 0 Å². The lowest BCUT2D eigenvalue weighted by atomic mass is 9.95. The first kappa shape index (κ1) is 17.8. The predicted molar refractivity (Wildman–Crippen MR) is 111 cm³/mol. The molecule has 0 atom stereocenters. The third-order valence-corrected chi connectivity index (χ3v) is 7.12. The van der Waals surface area contributed by atoms with Gasteiger partial charge in [0.05, 0.1) is 0 Å². The molecule has 0 spiro atoms. The van der Waals surface area contributed by atoms with Gasteiger partial charge < -0.3 is 0 Å². The van der Waals surface area contributed by atoms with E-state index in [4.69, 9.17) is 11.6 Å². The molecule has 1 aromatic carbocycles. The molecule has 4 rings (SSSR count). The van der Waals surface area contributed by atoms with E-state index in [1.807, 2.05) is 35.6 Å². The Morgan fingerprint density at radius 1 is 1.23 bits per heavy atom. The number of halogens is 1. The second-order valence-electron chi connectivity index (χ2n) is 6.34. The number of hydrogen-bond donors (Lipinski definition) is 0. The van der Waals surface area contributed by atoms with Gasteiger partial charge in [-0.05, 0) is 42.9 Å². The number of thiophene rings is 1. The smallest absolute Gasteiger partial charge is 0.192 e. The molecule has 134 valence electrons. The first-order valence-corrected chi connectivity index (χ1v) is 11.0. The summed E-state index contributed by atoms with van der Waals surface area (Å²) in [6.45, 7) is 4.62. The van der Waals surface area contributed by atoms with Crippen LogP contribution in [0.1, 0.15) is 28.8 Å². The van der Waals surface area contributed by atoms with Gasteiger partial charge in [0.1, 0.15) is 0 Å². The molecule has 0 aliphatic heterocycles. The quantitative estimate of drug-likeness (QED) is 0.374. The topological polar surface area (TPSA) is 30.7 Å². The number of allylic oxidation sites excluding steroid dienone is 1. The zero-order valence-corrected chi connectivity index (χ0v) is 16.8. The van der Waals surface area contributed by atoms with E-state index in [-0.39, 0.29) is 0 Å². The Kier molecular flexibility index (Phi) is 5.48. The van der Waals surface area contributed by atoms with Gasteiger partial charge in [-0.1, -0.05) is 47.6 Å². The van der Waals surface area contributed by atoms with Gasteiger partial charge in [-0.2, -0.15) is 0 Å².